The molecule has 0 heterocycles. The molecule has 2 N–H and O–H groups in total. The molecule has 1 amide bonds. The van der Waals surface area contributed by atoms with Crippen LogP contribution in [0.5, 0.6) is 23.0 Å². The van der Waals surface area contributed by atoms with Crippen molar-refractivity contribution in [3.05, 3.63) is 41.3 Å². The van der Waals surface area contributed by atoms with Crippen molar-refractivity contribution in [2.24, 2.45) is 0 Å². The highest BCUT2D eigenvalue weighted by molar-refractivity contribution is 7.95. The maximum absolute atomic E-state index is 12.6. The summed E-state index contributed by atoms with van der Waals surface area (Å²) in [5, 5.41) is 2.46. The smallest absolute Gasteiger partial charge is 0.471 e. The molecule has 2 aromatic carbocycles. The van der Waals surface area contributed by atoms with Gasteiger partial charge in [0.25, 0.3) is 10.0 Å². The minimum absolute atomic E-state index is 0.0983. The van der Waals surface area contributed by atoms with Crippen LogP contribution in [0.2, 0.25) is 0 Å². The van der Waals surface area contributed by atoms with Crippen molar-refractivity contribution in [2.45, 2.75) is 6.18 Å². The highest BCUT2D eigenvalue weighted by Crippen LogP contribution is 2.35. The summed E-state index contributed by atoms with van der Waals surface area (Å²) in [6.07, 6.45) is -3.92. The summed E-state index contributed by atoms with van der Waals surface area (Å²) in [4.78, 5) is 11.3. The monoisotopic (exact) mass is 490 g/mol. The van der Waals surface area contributed by atoms with E-state index in [0.717, 1.165) is 11.5 Å². The Balaban J connectivity index is 2.34. The van der Waals surface area contributed by atoms with Crippen LogP contribution in [-0.2, 0) is 14.8 Å². The number of alkyl halides is 3. The minimum Gasteiger partial charge on any atom is -0.496 e. The van der Waals surface area contributed by atoms with Gasteiger partial charge in [-0.3, -0.25) is 9.52 Å². The molecule has 0 atom stereocenters. The van der Waals surface area contributed by atoms with Crippen molar-refractivity contribution >= 4 is 33.4 Å². The molecule has 13 heteroatoms. The van der Waals surface area contributed by atoms with Gasteiger partial charge < -0.3 is 24.3 Å². The molecule has 0 aromatic heterocycles. The molecule has 0 bridgehead atoms. The number of rotatable bonds is 9. The molecule has 2 rings (SSSR count). The first-order valence-corrected chi connectivity index (χ1v) is 10.6. The molecule has 180 valence electrons. The third kappa shape index (κ3) is 6.68. The largest absolute Gasteiger partial charge is 0.496 e. The molecule has 0 unspecified atom stereocenters. The van der Waals surface area contributed by atoms with E-state index in [-0.39, 0.29) is 28.6 Å². The number of amides is 1. The van der Waals surface area contributed by atoms with Gasteiger partial charge in [0.2, 0.25) is 0 Å². The molecule has 0 radical (unpaired) electrons. The predicted octanol–water partition coefficient (Wildman–Crippen LogP) is 3.63. The Morgan fingerprint density at radius 2 is 1.48 bits per heavy atom. The Morgan fingerprint density at radius 1 is 0.909 bits per heavy atom. The van der Waals surface area contributed by atoms with Crippen LogP contribution in [0.1, 0.15) is 5.56 Å². The summed E-state index contributed by atoms with van der Waals surface area (Å²) >= 11 is 0. The van der Waals surface area contributed by atoms with E-state index in [2.05, 4.69) is 4.72 Å². The van der Waals surface area contributed by atoms with E-state index in [1.165, 1.54) is 58.8 Å². The molecule has 0 aliphatic carbocycles. The quantitative estimate of drug-likeness (QED) is 0.552. The molecular formula is C20H21F3N2O7S. The van der Waals surface area contributed by atoms with Gasteiger partial charge in [0, 0.05) is 12.1 Å². The summed E-state index contributed by atoms with van der Waals surface area (Å²) in [6.45, 7) is 0. The highest BCUT2D eigenvalue weighted by Gasteiger charge is 2.39. The summed E-state index contributed by atoms with van der Waals surface area (Å²) in [6, 6.07) is 6.50. The molecule has 33 heavy (non-hydrogen) atoms. The number of methoxy groups -OCH3 is 4. The Labute approximate surface area is 188 Å². The normalized spacial score (nSPS) is 11.7. The summed E-state index contributed by atoms with van der Waals surface area (Å²) in [5.74, 6) is -1.36. The van der Waals surface area contributed by atoms with Gasteiger partial charge in [-0.15, -0.1) is 0 Å². The van der Waals surface area contributed by atoms with Gasteiger partial charge in [0.05, 0.1) is 50.8 Å². The predicted molar refractivity (Wildman–Crippen MR) is 115 cm³/mol. The van der Waals surface area contributed by atoms with Gasteiger partial charge in [-0.1, -0.05) is 0 Å². The van der Waals surface area contributed by atoms with Crippen molar-refractivity contribution in [1.82, 2.24) is 0 Å². The van der Waals surface area contributed by atoms with Crippen LogP contribution in [0.4, 0.5) is 24.5 Å². The maximum Gasteiger partial charge on any atom is 0.471 e. The average Bonchev–Trinajstić information content (AvgIpc) is 2.76. The maximum atomic E-state index is 12.6. The number of carbonyl (C=O) groups excluding carboxylic acids is 1. The zero-order valence-electron chi connectivity index (χ0n) is 17.9. The van der Waals surface area contributed by atoms with E-state index in [1.807, 2.05) is 0 Å². The van der Waals surface area contributed by atoms with Crippen LogP contribution in [0.15, 0.2) is 35.7 Å². The van der Waals surface area contributed by atoms with Crippen LogP contribution in [-0.4, -0.2) is 48.9 Å². The number of hydrogen-bond donors (Lipinski definition) is 2. The Hall–Kier alpha value is -3.61. The van der Waals surface area contributed by atoms with Gasteiger partial charge in [-0.25, -0.2) is 8.42 Å². The summed E-state index contributed by atoms with van der Waals surface area (Å²) < 4.78 is 85.5. The Kier molecular flexibility index (Phi) is 8.03. The van der Waals surface area contributed by atoms with Crippen LogP contribution in [0, 0.1) is 0 Å². The third-order valence-corrected chi connectivity index (χ3v) is 5.15. The zero-order chi connectivity index (χ0) is 24.8. The fourth-order valence-electron chi connectivity index (χ4n) is 2.62. The fraction of sp³-hybridized carbons (Fsp3) is 0.250. The number of carbonyl (C=O) groups is 1. The lowest BCUT2D eigenvalue weighted by atomic mass is 10.1. The average molecular weight is 490 g/mol. The van der Waals surface area contributed by atoms with E-state index in [0.29, 0.717) is 11.3 Å². The minimum atomic E-state index is -5.14. The number of hydrogen-bond acceptors (Lipinski definition) is 7. The zero-order valence-corrected chi connectivity index (χ0v) is 18.8. The number of halogens is 3. The van der Waals surface area contributed by atoms with E-state index in [4.69, 9.17) is 18.9 Å². The van der Waals surface area contributed by atoms with Crippen molar-refractivity contribution in [2.75, 3.05) is 38.5 Å². The molecule has 0 saturated carbocycles. The first-order chi connectivity index (χ1) is 15.4. The summed E-state index contributed by atoms with van der Waals surface area (Å²) in [5.41, 5.74) is -0.187. The lowest BCUT2D eigenvalue weighted by molar-refractivity contribution is -0.167. The fourth-order valence-corrected chi connectivity index (χ4v) is 3.45. The SMILES string of the molecule is COc1cc(OC)c(C=CS(=O)(=O)Nc2ccc(OC)c(NC(=O)C(F)(F)F)c2)c(OC)c1. The van der Waals surface area contributed by atoms with E-state index < -0.39 is 22.1 Å². The van der Waals surface area contributed by atoms with Crippen molar-refractivity contribution < 1.29 is 45.3 Å². The molecule has 2 aromatic rings. The van der Waals surface area contributed by atoms with E-state index >= 15 is 0 Å². The Morgan fingerprint density at radius 3 is 1.97 bits per heavy atom. The van der Waals surface area contributed by atoms with Crippen LogP contribution in [0.3, 0.4) is 0 Å². The van der Waals surface area contributed by atoms with Crippen molar-refractivity contribution in [3.8, 4) is 23.0 Å². The van der Waals surface area contributed by atoms with Gasteiger partial charge in [0.15, 0.2) is 0 Å². The second kappa shape index (κ2) is 10.3. The highest BCUT2D eigenvalue weighted by atomic mass is 32.2. The van der Waals surface area contributed by atoms with E-state index in [9.17, 15) is 26.4 Å². The topological polar surface area (TPSA) is 112 Å². The van der Waals surface area contributed by atoms with Gasteiger partial charge in [0.1, 0.15) is 23.0 Å². The number of sulfonamides is 1. The molecule has 0 saturated heterocycles. The van der Waals surface area contributed by atoms with Crippen LogP contribution in [0.25, 0.3) is 6.08 Å². The number of nitrogens with one attached hydrogen (secondary N) is 2. The van der Waals surface area contributed by atoms with Gasteiger partial charge in [-0.05, 0) is 24.3 Å². The Bertz CT molecular complexity index is 1120. The number of benzene rings is 2. The van der Waals surface area contributed by atoms with Crippen molar-refractivity contribution in [1.29, 1.82) is 0 Å². The van der Waals surface area contributed by atoms with Crippen molar-refractivity contribution in [3.63, 3.8) is 0 Å². The molecule has 0 aliphatic heterocycles. The van der Waals surface area contributed by atoms with E-state index in [1.54, 1.807) is 5.32 Å². The van der Waals surface area contributed by atoms with Crippen LogP contribution < -0.4 is 29.0 Å². The second-order valence-electron chi connectivity index (χ2n) is 6.26. The second-order valence-corrected chi connectivity index (χ2v) is 7.83. The first-order valence-electron chi connectivity index (χ1n) is 9.01. The number of anilines is 2. The van der Waals surface area contributed by atoms with Crippen LogP contribution >= 0.6 is 0 Å². The lowest BCUT2D eigenvalue weighted by Gasteiger charge is -2.14. The molecule has 0 fully saturated rings. The number of ether oxygens (including phenoxy) is 4. The molecule has 0 aliphatic rings. The standard InChI is InChI=1S/C20H21F3N2O7S/c1-29-13-10-17(31-3)14(18(11-13)32-4)7-8-33(27,28)25-12-5-6-16(30-2)15(9-12)24-19(26)20(21,22)23/h5-11,25H,1-4H3,(H,24,26). The lowest BCUT2D eigenvalue weighted by Crippen LogP contribution is -2.30. The molecule has 0 spiro atoms. The molecule has 9 nitrogen and oxygen atoms in total. The van der Waals surface area contributed by atoms with Gasteiger partial charge >= 0.3 is 12.1 Å². The summed E-state index contributed by atoms with van der Waals surface area (Å²) in [7, 11) is 1.25. The molecular weight excluding hydrogens is 469 g/mol. The van der Waals surface area contributed by atoms with Gasteiger partial charge in [-0.2, -0.15) is 13.2 Å². The third-order valence-electron chi connectivity index (χ3n) is 4.13. The first kappa shape index (κ1) is 25.6.